The van der Waals surface area contributed by atoms with Gasteiger partial charge in [0, 0.05) is 11.9 Å². The van der Waals surface area contributed by atoms with E-state index < -0.39 is 11.0 Å². The Morgan fingerprint density at radius 2 is 1.68 bits per heavy atom. The van der Waals surface area contributed by atoms with E-state index in [2.05, 4.69) is 4.72 Å². The standard InChI is InChI=1S/C18H17NO2S/c1-21-17-12-11-15-9-5-6-10-16(15)18(17)22(20)19-13-14-7-3-2-4-8-14/h2-12,19H,13H2,1H3/t22-/m0/s1. The van der Waals surface area contributed by atoms with Crippen molar-refractivity contribution < 1.29 is 8.95 Å². The summed E-state index contributed by atoms with van der Waals surface area (Å²) in [4.78, 5) is 0.691. The summed E-state index contributed by atoms with van der Waals surface area (Å²) in [6.07, 6.45) is 0. The van der Waals surface area contributed by atoms with Crippen molar-refractivity contribution in [2.75, 3.05) is 7.11 Å². The van der Waals surface area contributed by atoms with Gasteiger partial charge in [0.15, 0.2) is 0 Å². The normalized spacial score (nSPS) is 12.2. The summed E-state index contributed by atoms with van der Waals surface area (Å²) in [6.45, 7) is 0.541. The molecule has 0 aliphatic carbocycles. The lowest BCUT2D eigenvalue weighted by Gasteiger charge is -2.12. The topological polar surface area (TPSA) is 38.3 Å². The van der Waals surface area contributed by atoms with Crippen molar-refractivity contribution in [3.63, 3.8) is 0 Å². The maximum atomic E-state index is 12.7. The van der Waals surface area contributed by atoms with Crippen molar-refractivity contribution in [3.05, 3.63) is 72.3 Å². The maximum Gasteiger partial charge on any atom is 0.137 e. The average Bonchev–Trinajstić information content (AvgIpc) is 2.59. The third kappa shape index (κ3) is 3.03. The van der Waals surface area contributed by atoms with E-state index in [1.54, 1.807) is 7.11 Å². The molecule has 3 aromatic rings. The molecule has 1 N–H and O–H groups in total. The average molecular weight is 311 g/mol. The molecular formula is C18H17NO2S. The van der Waals surface area contributed by atoms with E-state index >= 15 is 0 Å². The molecule has 4 heteroatoms. The molecule has 0 spiro atoms. The first kappa shape index (κ1) is 14.8. The van der Waals surface area contributed by atoms with E-state index in [-0.39, 0.29) is 0 Å². The Labute approximate surface area is 132 Å². The van der Waals surface area contributed by atoms with Crippen molar-refractivity contribution in [2.24, 2.45) is 0 Å². The van der Waals surface area contributed by atoms with E-state index in [9.17, 15) is 4.21 Å². The van der Waals surface area contributed by atoms with Crippen LogP contribution in [0.4, 0.5) is 0 Å². The summed E-state index contributed by atoms with van der Waals surface area (Å²) >= 11 is 0. The molecule has 1 atom stereocenters. The number of methoxy groups -OCH3 is 1. The van der Waals surface area contributed by atoms with Crippen molar-refractivity contribution in [2.45, 2.75) is 11.4 Å². The van der Waals surface area contributed by atoms with Crippen molar-refractivity contribution in [1.29, 1.82) is 0 Å². The molecular weight excluding hydrogens is 294 g/mol. The molecule has 0 saturated carbocycles. The molecule has 0 aliphatic heterocycles. The lowest BCUT2D eigenvalue weighted by atomic mass is 10.1. The first-order valence-corrected chi connectivity index (χ1v) is 8.19. The van der Waals surface area contributed by atoms with Gasteiger partial charge in [0.2, 0.25) is 0 Å². The van der Waals surface area contributed by atoms with Crippen LogP contribution in [0.15, 0.2) is 71.6 Å². The summed E-state index contributed by atoms with van der Waals surface area (Å²) in [5, 5.41) is 1.99. The summed E-state index contributed by atoms with van der Waals surface area (Å²) < 4.78 is 21.2. The number of nitrogens with one attached hydrogen (secondary N) is 1. The smallest absolute Gasteiger partial charge is 0.137 e. The van der Waals surface area contributed by atoms with Crippen LogP contribution in [0, 0.1) is 0 Å². The minimum absolute atomic E-state index is 0.541. The van der Waals surface area contributed by atoms with Gasteiger partial charge in [-0.2, -0.15) is 0 Å². The fourth-order valence-electron chi connectivity index (χ4n) is 2.39. The van der Waals surface area contributed by atoms with Crippen LogP contribution in [0.25, 0.3) is 10.8 Å². The van der Waals surface area contributed by atoms with Gasteiger partial charge in [-0.15, -0.1) is 0 Å². The zero-order chi connectivity index (χ0) is 15.4. The number of hydrogen-bond acceptors (Lipinski definition) is 2. The second-order valence-electron chi connectivity index (χ2n) is 4.89. The minimum atomic E-state index is -1.34. The highest BCUT2D eigenvalue weighted by atomic mass is 32.2. The lowest BCUT2D eigenvalue weighted by Crippen LogP contribution is -2.17. The Morgan fingerprint density at radius 1 is 0.955 bits per heavy atom. The first-order valence-electron chi connectivity index (χ1n) is 7.04. The summed E-state index contributed by atoms with van der Waals surface area (Å²) in [5.74, 6) is 0.637. The molecule has 3 aromatic carbocycles. The van der Waals surface area contributed by atoms with Gasteiger partial charge in [0.1, 0.15) is 21.6 Å². The Bertz CT molecular complexity index is 803. The Morgan fingerprint density at radius 3 is 2.45 bits per heavy atom. The molecule has 0 amide bonds. The number of fused-ring (bicyclic) bond motifs is 1. The van der Waals surface area contributed by atoms with Crippen LogP contribution in [0.3, 0.4) is 0 Å². The van der Waals surface area contributed by atoms with E-state index in [0.717, 1.165) is 16.3 Å². The molecule has 0 aromatic heterocycles. The largest absolute Gasteiger partial charge is 0.495 e. The zero-order valence-electron chi connectivity index (χ0n) is 12.3. The van der Waals surface area contributed by atoms with Gasteiger partial charge >= 0.3 is 0 Å². The second-order valence-corrected chi connectivity index (χ2v) is 6.13. The molecule has 0 heterocycles. The molecule has 3 rings (SSSR count). The second kappa shape index (κ2) is 6.73. The number of rotatable bonds is 5. The summed E-state index contributed by atoms with van der Waals surface area (Å²) in [7, 11) is 0.254. The van der Waals surface area contributed by atoms with Gasteiger partial charge in [-0.1, -0.05) is 60.7 Å². The molecule has 3 nitrogen and oxygen atoms in total. The van der Waals surface area contributed by atoms with Crippen LogP contribution in [0.2, 0.25) is 0 Å². The Kier molecular flexibility index (Phi) is 4.51. The fourth-order valence-corrected chi connectivity index (χ4v) is 3.55. The van der Waals surface area contributed by atoms with Gasteiger partial charge in [-0.3, -0.25) is 0 Å². The zero-order valence-corrected chi connectivity index (χ0v) is 13.1. The van der Waals surface area contributed by atoms with Crippen molar-refractivity contribution in [1.82, 2.24) is 4.72 Å². The van der Waals surface area contributed by atoms with E-state index in [0.29, 0.717) is 17.2 Å². The Balaban J connectivity index is 1.92. The first-order chi connectivity index (χ1) is 10.8. The van der Waals surface area contributed by atoms with Gasteiger partial charge in [0.25, 0.3) is 0 Å². The minimum Gasteiger partial charge on any atom is -0.495 e. The molecule has 0 aliphatic rings. The SMILES string of the molecule is COc1ccc2ccccc2c1[S@](=O)NCc1ccccc1. The number of benzene rings is 3. The number of ether oxygens (including phenoxy) is 1. The molecule has 0 fully saturated rings. The van der Waals surface area contributed by atoms with E-state index in [4.69, 9.17) is 4.74 Å². The van der Waals surface area contributed by atoms with E-state index in [1.807, 2.05) is 66.7 Å². The van der Waals surface area contributed by atoms with Crippen LogP contribution >= 0.6 is 0 Å². The fraction of sp³-hybridized carbons (Fsp3) is 0.111. The summed E-state index contributed by atoms with van der Waals surface area (Å²) in [5.41, 5.74) is 1.09. The van der Waals surface area contributed by atoms with Gasteiger partial charge < -0.3 is 4.74 Å². The van der Waals surface area contributed by atoms with Crippen molar-refractivity contribution >= 4 is 21.8 Å². The maximum absolute atomic E-state index is 12.7. The third-order valence-corrected chi connectivity index (χ3v) is 4.70. The van der Waals surface area contributed by atoms with Crippen LogP contribution in [-0.4, -0.2) is 11.3 Å². The predicted octanol–water partition coefficient (Wildman–Crippen LogP) is 3.66. The third-order valence-electron chi connectivity index (χ3n) is 3.50. The predicted molar refractivity (Wildman–Crippen MR) is 90.2 cm³/mol. The highest BCUT2D eigenvalue weighted by Gasteiger charge is 2.14. The number of hydrogen-bond donors (Lipinski definition) is 1. The lowest BCUT2D eigenvalue weighted by molar-refractivity contribution is 0.405. The monoisotopic (exact) mass is 311 g/mol. The molecule has 22 heavy (non-hydrogen) atoms. The molecule has 0 radical (unpaired) electrons. The van der Waals surface area contributed by atoms with Crippen LogP contribution in [-0.2, 0) is 17.5 Å². The van der Waals surface area contributed by atoms with Crippen LogP contribution in [0.5, 0.6) is 5.75 Å². The quantitative estimate of drug-likeness (QED) is 0.781. The molecule has 0 saturated heterocycles. The Hall–Kier alpha value is -2.17. The molecule has 0 unspecified atom stereocenters. The van der Waals surface area contributed by atoms with Crippen LogP contribution in [0.1, 0.15) is 5.56 Å². The highest BCUT2D eigenvalue weighted by Crippen LogP contribution is 2.30. The van der Waals surface area contributed by atoms with Gasteiger partial charge in [0.05, 0.1) is 7.11 Å². The van der Waals surface area contributed by atoms with Gasteiger partial charge in [-0.05, 0) is 17.0 Å². The molecule has 112 valence electrons. The van der Waals surface area contributed by atoms with Crippen molar-refractivity contribution in [3.8, 4) is 5.75 Å². The van der Waals surface area contributed by atoms with E-state index in [1.165, 1.54) is 0 Å². The molecule has 0 bridgehead atoms. The highest BCUT2D eigenvalue weighted by molar-refractivity contribution is 7.83. The van der Waals surface area contributed by atoms with Gasteiger partial charge in [-0.25, -0.2) is 8.93 Å². The van der Waals surface area contributed by atoms with Crippen LogP contribution < -0.4 is 9.46 Å². The summed E-state index contributed by atoms with van der Waals surface area (Å²) in [6, 6.07) is 21.6.